The second kappa shape index (κ2) is 12.5. The van der Waals surface area contributed by atoms with E-state index in [1.165, 1.54) is 86.5 Å². The van der Waals surface area contributed by atoms with Crippen molar-refractivity contribution in [2.45, 2.75) is 117 Å². The van der Waals surface area contributed by atoms with Gasteiger partial charge in [-0.2, -0.15) is 0 Å². The Hall–Kier alpha value is -1.76. The van der Waals surface area contributed by atoms with Crippen LogP contribution in [0.5, 0.6) is 5.75 Å². The Morgan fingerprint density at radius 1 is 0.812 bits per heavy atom. The van der Waals surface area contributed by atoms with E-state index in [-0.39, 0.29) is 6.10 Å². The summed E-state index contributed by atoms with van der Waals surface area (Å²) in [5.41, 5.74) is 6.65. The summed E-state index contributed by atoms with van der Waals surface area (Å²) in [4.78, 5) is 0. The quantitative estimate of drug-likeness (QED) is 0.320. The van der Waals surface area contributed by atoms with E-state index in [2.05, 4.69) is 71.0 Å². The van der Waals surface area contributed by atoms with E-state index >= 15 is 0 Å². The van der Waals surface area contributed by atoms with Gasteiger partial charge in [-0.25, -0.2) is 0 Å². The maximum absolute atomic E-state index is 6.31. The summed E-state index contributed by atoms with van der Waals surface area (Å²) in [6.07, 6.45) is 15.1. The Bertz CT molecular complexity index is 788. The smallest absolute Gasteiger partial charge is 0.125 e. The molecule has 1 saturated carbocycles. The van der Waals surface area contributed by atoms with Crippen molar-refractivity contribution in [3.63, 3.8) is 0 Å². The van der Waals surface area contributed by atoms with E-state index < -0.39 is 0 Å². The molecule has 0 aromatic heterocycles. The summed E-state index contributed by atoms with van der Waals surface area (Å²) >= 11 is 0. The Balaban J connectivity index is 1.61. The van der Waals surface area contributed by atoms with Gasteiger partial charge in [0, 0.05) is 0 Å². The fourth-order valence-electron chi connectivity index (χ4n) is 5.47. The molecule has 1 aliphatic rings. The Labute approximate surface area is 198 Å². The van der Waals surface area contributed by atoms with Crippen LogP contribution in [0.15, 0.2) is 36.4 Å². The predicted octanol–water partition coefficient (Wildman–Crippen LogP) is 9.78. The highest BCUT2D eigenvalue weighted by Crippen LogP contribution is 2.38. The van der Waals surface area contributed by atoms with E-state index in [0.717, 1.165) is 24.0 Å². The summed E-state index contributed by atoms with van der Waals surface area (Å²) in [5.74, 6) is 2.81. The van der Waals surface area contributed by atoms with Crippen LogP contribution in [-0.4, -0.2) is 6.10 Å². The van der Waals surface area contributed by atoms with E-state index in [1.807, 2.05) is 0 Å². The lowest BCUT2D eigenvalue weighted by Gasteiger charge is -2.29. The first kappa shape index (κ1) is 24.9. The van der Waals surface area contributed by atoms with Gasteiger partial charge in [-0.3, -0.25) is 0 Å². The van der Waals surface area contributed by atoms with E-state index in [1.54, 1.807) is 5.56 Å². The van der Waals surface area contributed by atoms with Crippen LogP contribution in [0.25, 0.3) is 11.1 Å². The van der Waals surface area contributed by atoms with Gasteiger partial charge in [-0.15, -0.1) is 0 Å². The summed E-state index contributed by atoms with van der Waals surface area (Å²) in [7, 11) is 0. The van der Waals surface area contributed by atoms with Crippen molar-refractivity contribution in [2.75, 3.05) is 0 Å². The van der Waals surface area contributed by atoms with Crippen molar-refractivity contribution in [1.82, 2.24) is 0 Å². The Kier molecular flexibility index (Phi) is 9.69. The van der Waals surface area contributed by atoms with Gasteiger partial charge in [0.05, 0.1) is 6.10 Å². The first-order chi connectivity index (χ1) is 15.5. The maximum Gasteiger partial charge on any atom is 0.125 e. The lowest BCUT2D eigenvalue weighted by Crippen LogP contribution is -2.13. The van der Waals surface area contributed by atoms with Crippen LogP contribution in [0.1, 0.15) is 114 Å². The molecule has 32 heavy (non-hydrogen) atoms. The number of rotatable bonds is 11. The molecule has 3 rings (SSSR count). The fraction of sp³-hybridized carbons (Fsp3) is 0.613. The normalized spacial score (nSPS) is 19.7. The van der Waals surface area contributed by atoms with Crippen LogP contribution in [0.3, 0.4) is 0 Å². The molecule has 1 heteroatoms. The molecule has 1 fully saturated rings. The van der Waals surface area contributed by atoms with Crippen molar-refractivity contribution in [2.24, 2.45) is 5.92 Å². The van der Waals surface area contributed by atoms with Crippen LogP contribution in [0.4, 0.5) is 0 Å². The molecule has 0 bridgehead atoms. The minimum Gasteiger partial charge on any atom is -0.490 e. The standard InChI is InChI=1S/C31H46O/c1-6-8-10-12-26-13-15-27(16-14-26)28-17-19-29(20-18-28)30-21-23(3)31(24(4)22-30)32-25(5)11-9-7-2/h17-22,25-27H,6-16H2,1-5H3/t25-,26?,27?/m1/s1. The topological polar surface area (TPSA) is 9.23 Å². The van der Waals surface area contributed by atoms with Crippen LogP contribution in [-0.2, 0) is 0 Å². The molecule has 176 valence electrons. The average Bonchev–Trinajstić information content (AvgIpc) is 2.80. The monoisotopic (exact) mass is 434 g/mol. The number of benzene rings is 2. The van der Waals surface area contributed by atoms with Gasteiger partial charge in [-0.1, -0.05) is 76.6 Å². The van der Waals surface area contributed by atoms with Gasteiger partial charge in [0.2, 0.25) is 0 Å². The van der Waals surface area contributed by atoms with Crippen LogP contribution < -0.4 is 4.74 Å². The zero-order valence-electron chi connectivity index (χ0n) is 21.4. The van der Waals surface area contributed by atoms with Crippen LogP contribution in [0, 0.1) is 19.8 Å². The molecule has 0 aliphatic heterocycles. The lowest BCUT2D eigenvalue weighted by molar-refractivity contribution is 0.205. The highest BCUT2D eigenvalue weighted by molar-refractivity contribution is 5.67. The summed E-state index contributed by atoms with van der Waals surface area (Å²) in [6.45, 7) is 11.1. The molecule has 2 aromatic rings. The molecule has 2 aromatic carbocycles. The zero-order valence-corrected chi connectivity index (χ0v) is 21.4. The summed E-state index contributed by atoms with van der Waals surface area (Å²) in [5, 5.41) is 0. The molecule has 0 unspecified atom stereocenters. The number of hydrogen-bond donors (Lipinski definition) is 0. The molecule has 1 atom stereocenters. The van der Waals surface area contributed by atoms with Gasteiger partial charge < -0.3 is 4.74 Å². The third-order valence-electron chi connectivity index (χ3n) is 7.52. The molecular weight excluding hydrogens is 388 g/mol. The molecular formula is C31H46O. The first-order valence-electron chi connectivity index (χ1n) is 13.4. The molecule has 1 aliphatic carbocycles. The summed E-state index contributed by atoms with van der Waals surface area (Å²) in [6, 6.07) is 14.0. The first-order valence-corrected chi connectivity index (χ1v) is 13.4. The number of hydrogen-bond acceptors (Lipinski definition) is 1. The SMILES string of the molecule is CCCCCC1CCC(c2ccc(-c3cc(C)c(O[C@H](C)CCCC)c(C)c3)cc2)CC1. The van der Waals surface area contributed by atoms with Gasteiger partial charge in [0.15, 0.2) is 0 Å². The summed E-state index contributed by atoms with van der Waals surface area (Å²) < 4.78 is 6.31. The molecule has 1 nitrogen and oxygen atoms in total. The minimum atomic E-state index is 0.277. The molecule has 0 radical (unpaired) electrons. The van der Waals surface area contributed by atoms with Crippen molar-refractivity contribution >= 4 is 0 Å². The Morgan fingerprint density at radius 2 is 1.44 bits per heavy atom. The van der Waals surface area contributed by atoms with Crippen molar-refractivity contribution in [3.05, 3.63) is 53.1 Å². The molecule has 0 spiro atoms. The molecule has 0 saturated heterocycles. The van der Waals surface area contributed by atoms with Crippen LogP contribution in [0.2, 0.25) is 0 Å². The van der Waals surface area contributed by atoms with Gasteiger partial charge in [0.1, 0.15) is 5.75 Å². The van der Waals surface area contributed by atoms with E-state index in [9.17, 15) is 0 Å². The second-order valence-corrected chi connectivity index (χ2v) is 10.3. The zero-order chi connectivity index (χ0) is 22.9. The second-order valence-electron chi connectivity index (χ2n) is 10.3. The van der Waals surface area contributed by atoms with Crippen molar-refractivity contribution in [1.29, 1.82) is 0 Å². The molecule has 0 N–H and O–H groups in total. The average molecular weight is 435 g/mol. The third-order valence-corrected chi connectivity index (χ3v) is 7.52. The molecule has 0 heterocycles. The Morgan fingerprint density at radius 3 is 2.03 bits per heavy atom. The fourth-order valence-corrected chi connectivity index (χ4v) is 5.47. The van der Waals surface area contributed by atoms with Crippen molar-refractivity contribution in [3.8, 4) is 16.9 Å². The van der Waals surface area contributed by atoms with E-state index in [0.29, 0.717) is 0 Å². The number of ether oxygens (including phenoxy) is 1. The number of unbranched alkanes of at least 4 members (excludes halogenated alkanes) is 3. The van der Waals surface area contributed by atoms with Gasteiger partial charge in [0.25, 0.3) is 0 Å². The van der Waals surface area contributed by atoms with Gasteiger partial charge in [-0.05, 0) is 105 Å². The number of aryl methyl sites for hydroxylation is 2. The molecule has 0 amide bonds. The highest BCUT2D eigenvalue weighted by Gasteiger charge is 2.22. The van der Waals surface area contributed by atoms with Crippen molar-refractivity contribution < 1.29 is 4.74 Å². The minimum absolute atomic E-state index is 0.277. The highest BCUT2D eigenvalue weighted by atomic mass is 16.5. The van der Waals surface area contributed by atoms with Crippen LogP contribution >= 0.6 is 0 Å². The van der Waals surface area contributed by atoms with E-state index in [4.69, 9.17) is 4.74 Å². The predicted molar refractivity (Wildman–Crippen MR) is 140 cm³/mol. The maximum atomic E-state index is 6.31. The largest absolute Gasteiger partial charge is 0.490 e. The van der Waals surface area contributed by atoms with Gasteiger partial charge >= 0.3 is 0 Å². The third kappa shape index (κ3) is 6.87. The lowest BCUT2D eigenvalue weighted by atomic mass is 9.77.